The molecule has 1 aliphatic rings. The number of aryl methyl sites for hydroxylation is 1. The van der Waals surface area contributed by atoms with E-state index >= 15 is 0 Å². The normalized spacial score (nSPS) is 22.4. The molecule has 2 atom stereocenters. The smallest absolute Gasteiger partial charge is 0.322 e. The van der Waals surface area contributed by atoms with Crippen LogP contribution < -0.4 is 5.32 Å². The van der Waals surface area contributed by atoms with Crippen LogP contribution in [0.1, 0.15) is 25.5 Å². The Morgan fingerprint density at radius 1 is 1.45 bits per heavy atom. The molecule has 0 bridgehead atoms. The summed E-state index contributed by atoms with van der Waals surface area (Å²) in [6, 6.07) is 3.35. The van der Waals surface area contributed by atoms with Gasteiger partial charge in [0.25, 0.3) is 0 Å². The van der Waals surface area contributed by atoms with Crippen molar-refractivity contribution in [3.63, 3.8) is 0 Å². The number of hydrogen-bond donors (Lipinski definition) is 2. The van der Waals surface area contributed by atoms with Crippen molar-refractivity contribution in [2.75, 3.05) is 11.9 Å². The van der Waals surface area contributed by atoms with Gasteiger partial charge in [-0.3, -0.25) is 9.78 Å². The summed E-state index contributed by atoms with van der Waals surface area (Å²) >= 11 is 0. The SMILES string of the molecule is Cc1ccc(NC(=O)N2CCC(C(=O)O)CC2C)cn1. The fraction of sp³-hybridized carbons (Fsp3) is 0.500. The van der Waals surface area contributed by atoms with Crippen LogP contribution in [0.15, 0.2) is 18.3 Å². The Bertz CT molecular complexity index is 501. The predicted molar refractivity (Wildman–Crippen MR) is 74.5 cm³/mol. The van der Waals surface area contributed by atoms with E-state index in [1.54, 1.807) is 17.2 Å². The van der Waals surface area contributed by atoms with Crippen molar-refractivity contribution in [2.24, 2.45) is 5.92 Å². The molecule has 0 aromatic carbocycles. The summed E-state index contributed by atoms with van der Waals surface area (Å²) in [4.78, 5) is 29.0. The Balaban J connectivity index is 1.96. The molecule has 6 nitrogen and oxygen atoms in total. The maximum absolute atomic E-state index is 12.2. The molecule has 1 aromatic rings. The minimum atomic E-state index is -0.778. The number of aromatic nitrogens is 1. The third-order valence-electron chi connectivity index (χ3n) is 3.65. The van der Waals surface area contributed by atoms with Gasteiger partial charge in [0.05, 0.1) is 17.8 Å². The van der Waals surface area contributed by atoms with Crippen LogP contribution in [0.3, 0.4) is 0 Å². The van der Waals surface area contributed by atoms with E-state index in [1.165, 1.54) is 0 Å². The van der Waals surface area contributed by atoms with Gasteiger partial charge in [0.2, 0.25) is 0 Å². The summed E-state index contributed by atoms with van der Waals surface area (Å²) in [7, 11) is 0. The van der Waals surface area contributed by atoms with Gasteiger partial charge in [-0.1, -0.05) is 0 Å². The number of urea groups is 1. The zero-order valence-corrected chi connectivity index (χ0v) is 11.7. The lowest BCUT2D eigenvalue weighted by molar-refractivity contribution is -0.143. The van der Waals surface area contributed by atoms with E-state index in [9.17, 15) is 9.59 Å². The lowest BCUT2D eigenvalue weighted by atomic mass is 9.92. The molecule has 0 spiro atoms. The quantitative estimate of drug-likeness (QED) is 0.867. The van der Waals surface area contributed by atoms with E-state index in [0.29, 0.717) is 25.1 Å². The Kier molecular flexibility index (Phi) is 4.22. The monoisotopic (exact) mass is 277 g/mol. The van der Waals surface area contributed by atoms with Gasteiger partial charge in [0.1, 0.15) is 0 Å². The van der Waals surface area contributed by atoms with E-state index < -0.39 is 5.97 Å². The number of carbonyl (C=O) groups is 2. The number of carboxylic acids is 1. The molecule has 0 saturated carbocycles. The first kappa shape index (κ1) is 14.3. The van der Waals surface area contributed by atoms with Crippen molar-refractivity contribution in [3.05, 3.63) is 24.0 Å². The molecule has 2 N–H and O–H groups in total. The van der Waals surface area contributed by atoms with Crippen molar-refractivity contribution < 1.29 is 14.7 Å². The van der Waals surface area contributed by atoms with Crippen molar-refractivity contribution in [2.45, 2.75) is 32.7 Å². The second-order valence-corrected chi connectivity index (χ2v) is 5.22. The van der Waals surface area contributed by atoms with Crippen molar-refractivity contribution >= 4 is 17.7 Å². The Hall–Kier alpha value is -2.11. The third-order valence-corrected chi connectivity index (χ3v) is 3.65. The van der Waals surface area contributed by atoms with Crippen molar-refractivity contribution in [1.29, 1.82) is 0 Å². The van der Waals surface area contributed by atoms with Crippen LogP contribution in [0, 0.1) is 12.8 Å². The lowest BCUT2D eigenvalue weighted by Gasteiger charge is -2.36. The van der Waals surface area contributed by atoms with E-state index in [1.807, 2.05) is 19.9 Å². The molecule has 1 aromatic heterocycles. The minimum absolute atomic E-state index is 0.0803. The number of carboxylic acid groups (broad SMARTS) is 1. The highest BCUT2D eigenvalue weighted by Crippen LogP contribution is 2.23. The number of piperidine rings is 1. The topological polar surface area (TPSA) is 82.5 Å². The van der Waals surface area contributed by atoms with Gasteiger partial charge in [-0.15, -0.1) is 0 Å². The highest BCUT2D eigenvalue weighted by molar-refractivity contribution is 5.89. The maximum Gasteiger partial charge on any atom is 0.322 e. The number of rotatable bonds is 2. The molecule has 2 rings (SSSR count). The average molecular weight is 277 g/mol. The number of nitrogens with one attached hydrogen (secondary N) is 1. The van der Waals surface area contributed by atoms with E-state index in [4.69, 9.17) is 5.11 Å². The van der Waals surface area contributed by atoms with Crippen LogP contribution in [0.2, 0.25) is 0 Å². The second kappa shape index (κ2) is 5.90. The minimum Gasteiger partial charge on any atom is -0.481 e. The molecular formula is C14H19N3O3. The molecule has 108 valence electrons. The van der Waals surface area contributed by atoms with Crippen LogP contribution in [0.4, 0.5) is 10.5 Å². The Morgan fingerprint density at radius 2 is 2.20 bits per heavy atom. The van der Waals surface area contributed by atoms with Gasteiger partial charge in [-0.2, -0.15) is 0 Å². The maximum atomic E-state index is 12.2. The van der Waals surface area contributed by atoms with Crippen molar-refractivity contribution in [1.82, 2.24) is 9.88 Å². The number of hydrogen-bond acceptors (Lipinski definition) is 3. The summed E-state index contributed by atoms with van der Waals surface area (Å²) in [6.07, 6.45) is 2.61. The molecule has 1 saturated heterocycles. The molecule has 1 fully saturated rings. The van der Waals surface area contributed by atoms with Crippen LogP contribution in [0.25, 0.3) is 0 Å². The van der Waals surface area contributed by atoms with Crippen LogP contribution in [-0.4, -0.2) is 39.6 Å². The van der Waals surface area contributed by atoms with Gasteiger partial charge >= 0.3 is 12.0 Å². The predicted octanol–water partition coefficient (Wildman–Crippen LogP) is 2.11. The summed E-state index contributed by atoms with van der Waals surface area (Å²) in [5.74, 6) is -1.13. The van der Waals surface area contributed by atoms with E-state index in [0.717, 1.165) is 5.69 Å². The summed E-state index contributed by atoms with van der Waals surface area (Å²) in [5.41, 5.74) is 1.53. The standard InChI is InChI=1S/C14H19N3O3/c1-9-3-4-12(8-15-9)16-14(20)17-6-5-11(13(18)19)7-10(17)2/h3-4,8,10-11H,5-7H2,1-2H3,(H,16,20)(H,18,19). The molecular weight excluding hydrogens is 258 g/mol. The van der Waals surface area contributed by atoms with Crippen molar-refractivity contribution in [3.8, 4) is 0 Å². The molecule has 6 heteroatoms. The lowest BCUT2D eigenvalue weighted by Crippen LogP contribution is -2.47. The highest BCUT2D eigenvalue weighted by Gasteiger charge is 2.32. The van der Waals surface area contributed by atoms with Gasteiger partial charge in [-0.25, -0.2) is 4.79 Å². The van der Waals surface area contributed by atoms with Gasteiger partial charge < -0.3 is 15.3 Å². The number of likely N-dealkylation sites (tertiary alicyclic amines) is 1. The average Bonchev–Trinajstić information content (AvgIpc) is 2.41. The Morgan fingerprint density at radius 3 is 2.75 bits per heavy atom. The van der Waals surface area contributed by atoms with Crippen LogP contribution in [-0.2, 0) is 4.79 Å². The second-order valence-electron chi connectivity index (χ2n) is 5.22. The zero-order valence-electron chi connectivity index (χ0n) is 11.7. The van der Waals surface area contributed by atoms with Gasteiger partial charge in [0, 0.05) is 18.3 Å². The first-order valence-electron chi connectivity index (χ1n) is 6.70. The summed E-state index contributed by atoms with van der Waals surface area (Å²) in [6.45, 7) is 4.22. The first-order chi connectivity index (χ1) is 9.47. The molecule has 0 radical (unpaired) electrons. The number of pyridine rings is 1. The molecule has 0 aliphatic carbocycles. The largest absolute Gasteiger partial charge is 0.481 e. The summed E-state index contributed by atoms with van der Waals surface area (Å²) < 4.78 is 0. The number of amides is 2. The number of aliphatic carboxylic acids is 1. The molecule has 1 aliphatic heterocycles. The van der Waals surface area contributed by atoms with Gasteiger partial charge in [-0.05, 0) is 38.8 Å². The number of anilines is 1. The van der Waals surface area contributed by atoms with Crippen LogP contribution >= 0.6 is 0 Å². The number of nitrogens with zero attached hydrogens (tertiary/aromatic N) is 2. The van der Waals surface area contributed by atoms with Gasteiger partial charge in [0.15, 0.2) is 0 Å². The fourth-order valence-electron chi connectivity index (χ4n) is 2.44. The molecule has 2 unspecified atom stereocenters. The zero-order chi connectivity index (χ0) is 14.7. The first-order valence-corrected chi connectivity index (χ1v) is 6.70. The molecule has 2 amide bonds. The summed E-state index contributed by atoms with van der Waals surface area (Å²) in [5, 5.41) is 11.8. The van der Waals surface area contributed by atoms with E-state index in [2.05, 4.69) is 10.3 Å². The fourth-order valence-corrected chi connectivity index (χ4v) is 2.44. The Labute approximate surface area is 117 Å². The number of carbonyl (C=O) groups excluding carboxylic acids is 1. The third kappa shape index (κ3) is 3.26. The molecule has 20 heavy (non-hydrogen) atoms. The van der Waals surface area contributed by atoms with Crippen LogP contribution in [0.5, 0.6) is 0 Å². The van der Waals surface area contributed by atoms with E-state index in [-0.39, 0.29) is 18.0 Å². The molecule has 2 heterocycles. The highest BCUT2D eigenvalue weighted by atomic mass is 16.4.